The maximum absolute atomic E-state index is 13.3. The Morgan fingerprint density at radius 1 is 1.08 bits per heavy atom. The van der Waals surface area contributed by atoms with Gasteiger partial charge >= 0.3 is 5.97 Å². The predicted octanol–water partition coefficient (Wildman–Crippen LogP) is 5.13. The Hall–Kier alpha value is -2.08. The molecule has 26 heavy (non-hydrogen) atoms. The maximum atomic E-state index is 13.3. The summed E-state index contributed by atoms with van der Waals surface area (Å²) in [6.07, 6.45) is 5.31. The minimum absolute atomic E-state index is 0.00197. The smallest absolute Gasteiger partial charge is 0.337 e. The topological polar surface area (TPSA) is 54.4 Å². The molecule has 0 radical (unpaired) electrons. The number of aromatic carboxylic acids is 1. The van der Waals surface area contributed by atoms with Crippen LogP contribution in [0.15, 0.2) is 23.6 Å². The van der Waals surface area contributed by atoms with Crippen molar-refractivity contribution < 1.29 is 23.5 Å². The Labute approximate surface area is 154 Å². The predicted molar refractivity (Wildman–Crippen MR) is 95.9 cm³/mol. The summed E-state index contributed by atoms with van der Waals surface area (Å²) in [6.45, 7) is 0. The molecule has 1 aliphatic carbocycles. The number of carboxylic acids is 1. The first-order chi connectivity index (χ1) is 12.5. The highest BCUT2D eigenvalue weighted by Crippen LogP contribution is 2.38. The monoisotopic (exact) mass is 378 g/mol. The lowest BCUT2D eigenvalue weighted by Gasteiger charge is -2.21. The summed E-state index contributed by atoms with van der Waals surface area (Å²) < 4.78 is 26.3. The third kappa shape index (κ3) is 4.18. The van der Waals surface area contributed by atoms with Gasteiger partial charge in [0.15, 0.2) is 11.6 Å². The third-order valence-electron chi connectivity index (χ3n) is 4.90. The molecule has 1 fully saturated rings. The molecule has 3 nitrogen and oxygen atoms in total. The van der Waals surface area contributed by atoms with Crippen molar-refractivity contribution in [1.29, 1.82) is 0 Å². The number of carbonyl (C=O) groups is 2. The lowest BCUT2D eigenvalue weighted by Crippen LogP contribution is -2.12. The molecule has 0 spiro atoms. The van der Waals surface area contributed by atoms with Crippen LogP contribution in [0.1, 0.15) is 64.4 Å². The SMILES string of the molecule is O=C(Cc1ccc(F)c(F)c1)Cc1scc(C2CCCCC2)c1C(=O)O. The van der Waals surface area contributed by atoms with E-state index in [1.165, 1.54) is 23.8 Å². The molecular formula is C20H20F2O3S. The van der Waals surface area contributed by atoms with E-state index in [2.05, 4.69) is 0 Å². The zero-order valence-corrected chi connectivity index (χ0v) is 15.1. The van der Waals surface area contributed by atoms with E-state index in [-0.39, 0.29) is 30.1 Å². The Kier molecular flexibility index (Phi) is 5.81. The van der Waals surface area contributed by atoms with Gasteiger partial charge in [0.1, 0.15) is 5.78 Å². The molecule has 2 aromatic rings. The van der Waals surface area contributed by atoms with Crippen LogP contribution in [0.3, 0.4) is 0 Å². The largest absolute Gasteiger partial charge is 0.478 e. The number of rotatable bonds is 6. The van der Waals surface area contributed by atoms with Gasteiger partial charge in [-0.1, -0.05) is 25.3 Å². The summed E-state index contributed by atoms with van der Waals surface area (Å²) in [5.74, 6) is -2.90. The van der Waals surface area contributed by atoms with Gasteiger partial charge in [0, 0.05) is 17.7 Å². The Balaban J connectivity index is 1.76. The Morgan fingerprint density at radius 2 is 1.81 bits per heavy atom. The van der Waals surface area contributed by atoms with Gasteiger partial charge in [0.2, 0.25) is 0 Å². The molecule has 0 saturated heterocycles. The molecule has 1 aromatic heterocycles. The number of carboxylic acid groups (broad SMARTS) is 1. The highest BCUT2D eigenvalue weighted by Gasteiger charge is 2.26. The number of Topliss-reactive ketones (excluding diaryl/α,β-unsaturated/α-hetero) is 1. The summed E-state index contributed by atoms with van der Waals surface area (Å²) in [7, 11) is 0. The van der Waals surface area contributed by atoms with Gasteiger partial charge in [-0.2, -0.15) is 0 Å². The maximum Gasteiger partial charge on any atom is 0.337 e. The Morgan fingerprint density at radius 3 is 2.46 bits per heavy atom. The fraction of sp³-hybridized carbons (Fsp3) is 0.400. The van der Waals surface area contributed by atoms with E-state index in [0.717, 1.165) is 43.4 Å². The minimum atomic E-state index is -0.998. The number of ketones is 1. The number of benzene rings is 1. The van der Waals surface area contributed by atoms with Crippen LogP contribution >= 0.6 is 11.3 Å². The van der Waals surface area contributed by atoms with Gasteiger partial charge in [-0.15, -0.1) is 11.3 Å². The van der Waals surface area contributed by atoms with Gasteiger partial charge in [0.25, 0.3) is 0 Å². The van der Waals surface area contributed by atoms with Crippen molar-refractivity contribution in [3.05, 3.63) is 56.8 Å². The van der Waals surface area contributed by atoms with Crippen LogP contribution in [-0.2, 0) is 17.6 Å². The summed E-state index contributed by atoms with van der Waals surface area (Å²) in [5.41, 5.74) is 1.49. The van der Waals surface area contributed by atoms with E-state index in [1.54, 1.807) is 0 Å². The number of halogens is 2. The molecule has 6 heteroatoms. The molecule has 138 valence electrons. The average Bonchev–Trinajstić information content (AvgIpc) is 3.02. The number of thiophene rings is 1. The number of carbonyl (C=O) groups excluding carboxylic acids is 1. The molecule has 3 rings (SSSR count). The molecule has 0 unspecified atom stereocenters. The van der Waals surface area contributed by atoms with Crippen LogP contribution in [0.25, 0.3) is 0 Å². The quantitative estimate of drug-likeness (QED) is 0.758. The van der Waals surface area contributed by atoms with Crippen LogP contribution in [0.2, 0.25) is 0 Å². The molecule has 0 bridgehead atoms. The van der Waals surface area contributed by atoms with Crippen LogP contribution < -0.4 is 0 Å². The van der Waals surface area contributed by atoms with Crippen LogP contribution in [0, 0.1) is 11.6 Å². The molecule has 1 N–H and O–H groups in total. The van der Waals surface area contributed by atoms with E-state index in [0.29, 0.717) is 10.4 Å². The first kappa shape index (κ1) is 18.7. The molecular weight excluding hydrogens is 358 g/mol. The van der Waals surface area contributed by atoms with Crippen molar-refractivity contribution in [3.63, 3.8) is 0 Å². The van der Waals surface area contributed by atoms with Gasteiger partial charge in [-0.25, -0.2) is 13.6 Å². The summed E-state index contributed by atoms with van der Waals surface area (Å²) >= 11 is 1.31. The van der Waals surface area contributed by atoms with Crippen LogP contribution in [0.5, 0.6) is 0 Å². The zero-order chi connectivity index (χ0) is 18.7. The van der Waals surface area contributed by atoms with Gasteiger partial charge < -0.3 is 5.11 Å². The van der Waals surface area contributed by atoms with E-state index < -0.39 is 17.6 Å². The second-order valence-corrected chi connectivity index (χ2v) is 7.73. The number of hydrogen-bond acceptors (Lipinski definition) is 3. The lowest BCUT2D eigenvalue weighted by molar-refractivity contribution is -0.117. The van der Waals surface area contributed by atoms with Crippen molar-refractivity contribution >= 4 is 23.1 Å². The van der Waals surface area contributed by atoms with Crippen molar-refractivity contribution in [2.75, 3.05) is 0 Å². The third-order valence-corrected chi connectivity index (χ3v) is 5.90. The summed E-state index contributed by atoms with van der Waals surface area (Å²) in [4.78, 5) is 24.7. The summed E-state index contributed by atoms with van der Waals surface area (Å²) in [5, 5.41) is 11.5. The molecule has 1 heterocycles. The highest BCUT2D eigenvalue weighted by molar-refractivity contribution is 7.10. The van der Waals surface area contributed by atoms with Gasteiger partial charge in [0.05, 0.1) is 5.56 Å². The lowest BCUT2D eigenvalue weighted by atomic mass is 9.83. The molecule has 1 saturated carbocycles. The van der Waals surface area contributed by atoms with E-state index >= 15 is 0 Å². The fourth-order valence-electron chi connectivity index (χ4n) is 3.62. The van der Waals surface area contributed by atoms with Crippen LogP contribution in [0.4, 0.5) is 8.78 Å². The van der Waals surface area contributed by atoms with E-state index in [4.69, 9.17) is 0 Å². The van der Waals surface area contributed by atoms with Crippen molar-refractivity contribution in [2.24, 2.45) is 0 Å². The zero-order valence-electron chi connectivity index (χ0n) is 14.3. The van der Waals surface area contributed by atoms with E-state index in [1.807, 2.05) is 5.38 Å². The molecule has 1 aliphatic rings. The molecule has 0 aliphatic heterocycles. The van der Waals surface area contributed by atoms with E-state index in [9.17, 15) is 23.5 Å². The van der Waals surface area contributed by atoms with Crippen molar-refractivity contribution in [2.45, 2.75) is 50.9 Å². The minimum Gasteiger partial charge on any atom is -0.478 e. The van der Waals surface area contributed by atoms with Crippen molar-refractivity contribution in [3.8, 4) is 0 Å². The van der Waals surface area contributed by atoms with Gasteiger partial charge in [-0.05, 0) is 47.4 Å². The Bertz CT molecular complexity index is 822. The second-order valence-electron chi connectivity index (χ2n) is 6.77. The first-order valence-corrected chi connectivity index (χ1v) is 9.63. The first-order valence-electron chi connectivity index (χ1n) is 8.75. The highest BCUT2D eigenvalue weighted by atomic mass is 32.1. The average molecular weight is 378 g/mol. The number of hydrogen-bond donors (Lipinski definition) is 1. The summed E-state index contributed by atoms with van der Waals surface area (Å²) in [6, 6.07) is 3.37. The molecule has 0 atom stereocenters. The molecule has 1 aromatic carbocycles. The van der Waals surface area contributed by atoms with Gasteiger partial charge in [-0.3, -0.25) is 4.79 Å². The fourth-order valence-corrected chi connectivity index (χ4v) is 4.77. The van der Waals surface area contributed by atoms with Crippen molar-refractivity contribution in [1.82, 2.24) is 0 Å². The molecule has 0 amide bonds. The normalized spacial score (nSPS) is 15.2. The van der Waals surface area contributed by atoms with Crippen LogP contribution in [-0.4, -0.2) is 16.9 Å². The standard InChI is InChI=1S/C20H20F2O3S/c21-16-7-6-12(9-17(16)22)8-14(23)10-18-19(20(24)25)15(11-26-18)13-4-2-1-3-5-13/h6-7,9,11,13H,1-5,8,10H2,(H,24,25). The second kappa shape index (κ2) is 8.08.